The molecule has 0 aliphatic carbocycles. The Morgan fingerprint density at radius 1 is 1.64 bits per heavy atom. The van der Waals surface area contributed by atoms with E-state index in [9.17, 15) is 0 Å². The van der Waals surface area contributed by atoms with E-state index in [4.69, 9.17) is 4.74 Å². The highest BCUT2D eigenvalue weighted by atomic mass is 16.5. The van der Waals surface area contributed by atoms with Crippen LogP contribution in [0.15, 0.2) is 6.33 Å². The van der Waals surface area contributed by atoms with Gasteiger partial charge in [0.2, 0.25) is 0 Å². The summed E-state index contributed by atoms with van der Waals surface area (Å²) in [6.45, 7) is 2.78. The van der Waals surface area contributed by atoms with Crippen LogP contribution in [0.1, 0.15) is 24.7 Å². The third kappa shape index (κ3) is 2.05. The lowest BCUT2D eigenvalue weighted by atomic mass is 10.2. The van der Waals surface area contributed by atoms with Crippen LogP contribution in [0, 0.1) is 0 Å². The summed E-state index contributed by atoms with van der Waals surface area (Å²) in [5, 5.41) is 0. The van der Waals surface area contributed by atoms with Gasteiger partial charge in [-0.05, 0) is 6.42 Å². The van der Waals surface area contributed by atoms with E-state index in [2.05, 4.69) is 16.9 Å². The molecule has 62 valence electrons. The number of methoxy groups -OCH3 is 1. The number of nitrogens with zero attached hydrogens (tertiary/aromatic N) is 1. The molecule has 1 aromatic rings. The molecule has 0 unspecified atom stereocenters. The molecule has 0 spiro atoms. The van der Waals surface area contributed by atoms with Crippen molar-refractivity contribution in [2.24, 2.45) is 0 Å². The molecular weight excluding hydrogens is 140 g/mol. The second-order valence-electron chi connectivity index (χ2n) is 2.51. The Hall–Kier alpha value is -0.830. The first kappa shape index (κ1) is 8.27. The van der Waals surface area contributed by atoms with Crippen molar-refractivity contribution in [3.05, 3.63) is 17.7 Å². The van der Waals surface area contributed by atoms with Crippen molar-refractivity contribution in [3.63, 3.8) is 0 Å². The number of aromatic amines is 1. The van der Waals surface area contributed by atoms with Crippen LogP contribution in [0.3, 0.4) is 0 Å². The second kappa shape index (κ2) is 4.13. The van der Waals surface area contributed by atoms with Gasteiger partial charge in [0.15, 0.2) is 0 Å². The molecule has 1 N–H and O–H groups in total. The van der Waals surface area contributed by atoms with Gasteiger partial charge < -0.3 is 9.72 Å². The van der Waals surface area contributed by atoms with Crippen LogP contribution in [0.2, 0.25) is 0 Å². The zero-order chi connectivity index (χ0) is 8.10. The van der Waals surface area contributed by atoms with Crippen molar-refractivity contribution < 1.29 is 4.74 Å². The Bertz CT molecular complexity index is 187. The molecule has 0 fully saturated rings. The highest BCUT2D eigenvalue weighted by molar-refractivity contribution is 5.09. The Labute approximate surface area is 66.8 Å². The molecule has 0 aliphatic heterocycles. The number of ether oxygens (including phenoxy) is 1. The molecule has 11 heavy (non-hydrogen) atoms. The Morgan fingerprint density at radius 3 is 3.09 bits per heavy atom. The lowest BCUT2D eigenvalue weighted by molar-refractivity contribution is 0.181. The van der Waals surface area contributed by atoms with E-state index in [1.807, 2.05) is 0 Å². The predicted octanol–water partition coefficient (Wildman–Crippen LogP) is 1.51. The Kier molecular flexibility index (Phi) is 3.11. The molecular formula is C8H14N2O. The number of imidazole rings is 1. The molecule has 0 aliphatic rings. The van der Waals surface area contributed by atoms with Crippen LogP contribution < -0.4 is 0 Å². The zero-order valence-corrected chi connectivity index (χ0v) is 7.05. The predicted molar refractivity (Wildman–Crippen MR) is 43.3 cm³/mol. The zero-order valence-electron chi connectivity index (χ0n) is 7.05. The van der Waals surface area contributed by atoms with Gasteiger partial charge in [-0.3, -0.25) is 0 Å². The Balaban J connectivity index is 2.62. The number of nitrogens with one attached hydrogen (secondary N) is 1. The monoisotopic (exact) mass is 154 g/mol. The van der Waals surface area contributed by atoms with Gasteiger partial charge in [-0.15, -0.1) is 0 Å². The lowest BCUT2D eigenvalue weighted by Crippen LogP contribution is -1.94. The van der Waals surface area contributed by atoms with Gasteiger partial charge in [-0.25, -0.2) is 4.98 Å². The molecule has 1 rings (SSSR count). The molecule has 1 aromatic heterocycles. The number of hydrogen-bond donors (Lipinski definition) is 1. The van der Waals surface area contributed by atoms with Crippen LogP contribution in [0.4, 0.5) is 0 Å². The van der Waals surface area contributed by atoms with Crippen molar-refractivity contribution in [1.29, 1.82) is 0 Å². The van der Waals surface area contributed by atoms with Gasteiger partial charge >= 0.3 is 0 Å². The maximum atomic E-state index is 5.00. The van der Waals surface area contributed by atoms with Crippen LogP contribution in [-0.2, 0) is 17.8 Å². The van der Waals surface area contributed by atoms with Crippen LogP contribution in [-0.4, -0.2) is 17.1 Å². The molecule has 3 nitrogen and oxygen atoms in total. The summed E-state index contributed by atoms with van der Waals surface area (Å²) in [7, 11) is 1.69. The fourth-order valence-corrected chi connectivity index (χ4v) is 1.07. The number of H-pyrrole nitrogens is 1. The topological polar surface area (TPSA) is 37.9 Å². The molecule has 1 heterocycles. The van der Waals surface area contributed by atoms with Crippen molar-refractivity contribution in [1.82, 2.24) is 9.97 Å². The van der Waals surface area contributed by atoms with Gasteiger partial charge in [-0.2, -0.15) is 0 Å². The van der Waals surface area contributed by atoms with Crippen LogP contribution in [0.5, 0.6) is 0 Å². The van der Waals surface area contributed by atoms with Gasteiger partial charge in [-0.1, -0.05) is 13.3 Å². The van der Waals surface area contributed by atoms with Gasteiger partial charge in [0, 0.05) is 7.11 Å². The average Bonchev–Trinajstić information content (AvgIpc) is 2.39. The minimum Gasteiger partial charge on any atom is -0.378 e. The largest absolute Gasteiger partial charge is 0.378 e. The molecule has 0 amide bonds. The number of aromatic nitrogens is 2. The Morgan fingerprint density at radius 2 is 2.45 bits per heavy atom. The van der Waals surface area contributed by atoms with Crippen molar-refractivity contribution in [3.8, 4) is 0 Å². The molecule has 0 aromatic carbocycles. The normalized spacial score (nSPS) is 10.4. The molecule has 0 bridgehead atoms. The summed E-state index contributed by atoms with van der Waals surface area (Å²) >= 11 is 0. The first-order valence-corrected chi connectivity index (χ1v) is 3.88. The standard InChI is InChI=1S/C8H14N2O/c1-3-4-7-8(5-11-2)10-6-9-7/h6H,3-5H2,1-2H3,(H,9,10). The van der Waals surface area contributed by atoms with Crippen LogP contribution >= 0.6 is 0 Å². The summed E-state index contributed by atoms with van der Waals surface area (Å²) < 4.78 is 5.00. The van der Waals surface area contributed by atoms with E-state index in [1.165, 1.54) is 0 Å². The fraction of sp³-hybridized carbons (Fsp3) is 0.625. The highest BCUT2D eigenvalue weighted by Gasteiger charge is 2.02. The maximum Gasteiger partial charge on any atom is 0.0925 e. The second-order valence-corrected chi connectivity index (χ2v) is 2.51. The lowest BCUT2D eigenvalue weighted by Gasteiger charge is -1.98. The van der Waals surface area contributed by atoms with E-state index in [1.54, 1.807) is 13.4 Å². The number of rotatable bonds is 4. The van der Waals surface area contributed by atoms with Crippen molar-refractivity contribution in [2.75, 3.05) is 7.11 Å². The molecule has 0 radical (unpaired) electrons. The molecule has 0 atom stereocenters. The summed E-state index contributed by atoms with van der Waals surface area (Å²) in [6.07, 6.45) is 3.88. The van der Waals surface area contributed by atoms with Gasteiger partial charge in [0.1, 0.15) is 0 Å². The number of hydrogen-bond acceptors (Lipinski definition) is 2. The molecule has 0 saturated carbocycles. The summed E-state index contributed by atoms with van der Waals surface area (Å²) in [5.41, 5.74) is 2.24. The quantitative estimate of drug-likeness (QED) is 0.713. The van der Waals surface area contributed by atoms with E-state index in [0.717, 1.165) is 24.2 Å². The third-order valence-electron chi connectivity index (χ3n) is 1.58. The first-order chi connectivity index (χ1) is 5.38. The van der Waals surface area contributed by atoms with Gasteiger partial charge in [0.25, 0.3) is 0 Å². The van der Waals surface area contributed by atoms with Crippen LogP contribution in [0.25, 0.3) is 0 Å². The summed E-state index contributed by atoms with van der Waals surface area (Å²) in [5.74, 6) is 0. The van der Waals surface area contributed by atoms with Crippen molar-refractivity contribution >= 4 is 0 Å². The molecule has 0 saturated heterocycles. The fourth-order valence-electron chi connectivity index (χ4n) is 1.07. The first-order valence-electron chi connectivity index (χ1n) is 3.88. The number of aryl methyl sites for hydroxylation is 1. The maximum absolute atomic E-state index is 5.00. The van der Waals surface area contributed by atoms with E-state index in [0.29, 0.717) is 6.61 Å². The van der Waals surface area contributed by atoms with E-state index in [-0.39, 0.29) is 0 Å². The summed E-state index contributed by atoms with van der Waals surface area (Å²) in [4.78, 5) is 7.24. The van der Waals surface area contributed by atoms with E-state index < -0.39 is 0 Å². The molecule has 3 heteroatoms. The minimum atomic E-state index is 0.634. The highest BCUT2D eigenvalue weighted by Crippen LogP contribution is 2.05. The smallest absolute Gasteiger partial charge is 0.0925 e. The van der Waals surface area contributed by atoms with E-state index >= 15 is 0 Å². The minimum absolute atomic E-state index is 0.634. The van der Waals surface area contributed by atoms with Gasteiger partial charge in [0.05, 0.1) is 24.3 Å². The SMILES string of the molecule is CCCc1nc[nH]c1COC. The average molecular weight is 154 g/mol. The van der Waals surface area contributed by atoms with Crippen molar-refractivity contribution in [2.45, 2.75) is 26.4 Å². The summed E-state index contributed by atoms with van der Waals surface area (Å²) in [6, 6.07) is 0. The third-order valence-corrected chi connectivity index (χ3v) is 1.58.